The van der Waals surface area contributed by atoms with Gasteiger partial charge in [-0.15, -0.1) is 0 Å². The summed E-state index contributed by atoms with van der Waals surface area (Å²) in [4.78, 5) is 46.5. The highest BCUT2D eigenvalue weighted by molar-refractivity contribution is 6.02. The lowest BCUT2D eigenvalue weighted by Gasteiger charge is -2.12. The highest BCUT2D eigenvalue weighted by Gasteiger charge is 2.17. The normalized spacial score (nSPS) is 9.32. The third-order valence-corrected chi connectivity index (χ3v) is 3.68. The van der Waals surface area contributed by atoms with E-state index < -0.39 is 18.0 Å². The number of benzene rings is 2. The van der Waals surface area contributed by atoms with Gasteiger partial charge < -0.3 is 29.6 Å². The first-order valence-corrected chi connectivity index (χ1v) is 9.10. The average Bonchev–Trinajstić information content (AvgIpc) is 2.80. The molecule has 2 rings (SSSR count). The van der Waals surface area contributed by atoms with Crippen molar-refractivity contribution in [3.05, 3.63) is 47.5 Å². The molecule has 2 N–H and O–H groups in total. The standard InChI is InChI=1S/C19H18N2O8.C2H6/c1-26-15-6-4-11(8-13(15)17(23)27-2)20-19(25)21-12-5-7-16(29-10-22)14(9-12)18(24)28-3;1-2/h4-10H,1-3H3,(H2,20,21,25);1-2H3. The Morgan fingerprint density at radius 3 is 1.65 bits per heavy atom. The van der Waals surface area contributed by atoms with Crippen molar-refractivity contribution in [2.75, 3.05) is 32.0 Å². The summed E-state index contributed by atoms with van der Waals surface area (Å²) in [7, 11) is 3.80. The van der Waals surface area contributed by atoms with Gasteiger partial charge in [-0.3, -0.25) is 4.79 Å². The zero-order valence-electron chi connectivity index (χ0n) is 17.8. The van der Waals surface area contributed by atoms with Gasteiger partial charge in [0.05, 0.1) is 21.3 Å². The molecule has 0 fully saturated rings. The average molecular weight is 432 g/mol. The molecular formula is C21H24N2O8. The van der Waals surface area contributed by atoms with Crippen molar-refractivity contribution in [3.63, 3.8) is 0 Å². The van der Waals surface area contributed by atoms with E-state index in [2.05, 4.69) is 20.1 Å². The first-order chi connectivity index (χ1) is 14.9. The molecule has 0 spiro atoms. The molecule has 0 bridgehead atoms. The van der Waals surface area contributed by atoms with Gasteiger partial charge in [-0.1, -0.05) is 13.8 Å². The van der Waals surface area contributed by atoms with E-state index in [1.165, 1.54) is 57.7 Å². The number of hydrogen-bond donors (Lipinski definition) is 2. The van der Waals surface area contributed by atoms with Crippen molar-refractivity contribution in [3.8, 4) is 11.5 Å². The third-order valence-electron chi connectivity index (χ3n) is 3.68. The van der Waals surface area contributed by atoms with E-state index in [0.29, 0.717) is 5.69 Å². The van der Waals surface area contributed by atoms with Gasteiger partial charge in [0.15, 0.2) is 0 Å². The maximum atomic E-state index is 12.3. The number of urea groups is 1. The number of ether oxygens (including phenoxy) is 4. The summed E-state index contributed by atoms with van der Waals surface area (Å²) >= 11 is 0. The molecule has 0 radical (unpaired) electrons. The van der Waals surface area contributed by atoms with Crippen LogP contribution in [0.3, 0.4) is 0 Å². The molecule has 2 amide bonds. The molecule has 10 nitrogen and oxygen atoms in total. The molecule has 2 aromatic carbocycles. The number of anilines is 2. The van der Waals surface area contributed by atoms with Crippen LogP contribution in [0.2, 0.25) is 0 Å². The van der Waals surface area contributed by atoms with Crippen molar-refractivity contribution in [2.24, 2.45) is 0 Å². The first kappa shape index (κ1) is 25.0. The summed E-state index contributed by atoms with van der Waals surface area (Å²) < 4.78 is 19.1. The zero-order chi connectivity index (χ0) is 23.4. The predicted molar refractivity (Wildman–Crippen MR) is 113 cm³/mol. The van der Waals surface area contributed by atoms with Gasteiger partial charge in [0, 0.05) is 11.4 Å². The van der Waals surface area contributed by atoms with Crippen molar-refractivity contribution >= 4 is 35.8 Å². The van der Waals surface area contributed by atoms with Gasteiger partial charge in [-0.25, -0.2) is 14.4 Å². The molecule has 0 aliphatic heterocycles. The minimum atomic E-state index is -0.746. The molecule has 0 heterocycles. The Hall–Kier alpha value is -4.08. The number of methoxy groups -OCH3 is 3. The maximum absolute atomic E-state index is 12.3. The second kappa shape index (κ2) is 12.5. The van der Waals surface area contributed by atoms with E-state index >= 15 is 0 Å². The van der Waals surface area contributed by atoms with Crippen LogP contribution in [0.15, 0.2) is 36.4 Å². The molecular weight excluding hydrogens is 408 g/mol. The molecule has 31 heavy (non-hydrogen) atoms. The van der Waals surface area contributed by atoms with Crippen molar-refractivity contribution < 1.29 is 38.1 Å². The van der Waals surface area contributed by atoms with Gasteiger partial charge in [-0.05, 0) is 36.4 Å². The SMILES string of the molecule is CC.COC(=O)c1cc(NC(=O)Nc2ccc(OC=O)c(C(=O)OC)c2)ccc1OC. The number of esters is 2. The van der Waals surface area contributed by atoms with E-state index in [9.17, 15) is 19.2 Å². The molecule has 0 saturated carbocycles. The minimum Gasteiger partial charge on any atom is -0.496 e. The van der Waals surface area contributed by atoms with Crippen LogP contribution in [-0.2, 0) is 14.3 Å². The van der Waals surface area contributed by atoms with E-state index in [1.807, 2.05) is 13.8 Å². The third kappa shape index (κ3) is 6.74. The van der Waals surface area contributed by atoms with E-state index in [0.717, 1.165) is 0 Å². The molecule has 10 heteroatoms. The second-order valence-electron chi connectivity index (χ2n) is 5.40. The molecule has 0 aliphatic carbocycles. The summed E-state index contributed by atoms with van der Waals surface area (Å²) in [5.74, 6) is -1.10. The fraction of sp³-hybridized carbons (Fsp3) is 0.238. The van der Waals surface area contributed by atoms with E-state index in [4.69, 9.17) is 9.47 Å². The van der Waals surface area contributed by atoms with Crippen molar-refractivity contribution in [1.82, 2.24) is 0 Å². The van der Waals surface area contributed by atoms with Gasteiger partial charge in [-0.2, -0.15) is 0 Å². The Balaban J connectivity index is 0.00000233. The van der Waals surface area contributed by atoms with Crippen LogP contribution >= 0.6 is 0 Å². The first-order valence-electron chi connectivity index (χ1n) is 9.10. The highest BCUT2D eigenvalue weighted by Crippen LogP contribution is 2.25. The largest absolute Gasteiger partial charge is 0.496 e. The van der Waals surface area contributed by atoms with Crippen molar-refractivity contribution in [2.45, 2.75) is 13.8 Å². The number of rotatable bonds is 7. The number of nitrogens with one attached hydrogen (secondary N) is 2. The maximum Gasteiger partial charge on any atom is 0.341 e. The number of amides is 2. The van der Waals surface area contributed by atoms with Crippen LogP contribution in [0.1, 0.15) is 34.6 Å². The summed E-state index contributed by atoms with van der Waals surface area (Å²) in [5, 5.41) is 5.07. The fourth-order valence-corrected chi connectivity index (χ4v) is 2.38. The molecule has 2 aromatic rings. The topological polar surface area (TPSA) is 129 Å². The van der Waals surface area contributed by atoms with Crippen LogP contribution in [-0.4, -0.2) is 45.8 Å². The number of carbonyl (C=O) groups excluding carboxylic acids is 4. The predicted octanol–water partition coefficient (Wildman–Crippen LogP) is 3.47. The summed E-state index contributed by atoms with van der Waals surface area (Å²) in [5.41, 5.74) is 0.631. The van der Waals surface area contributed by atoms with Gasteiger partial charge in [0.25, 0.3) is 6.47 Å². The van der Waals surface area contributed by atoms with Gasteiger partial charge in [0.1, 0.15) is 22.6 Å². The van der Waals surface area contributed by atoms with Gasteiger partial charge >= 0.3 is 18.0 Å². The van der Waals surface area contributed by atoms with Crippen LogP contribution in [0.5, 0.6) is 11.5 Å². The highest BCUT2D eigenvalue weighted by atomic mass is 16.5. The Bertz CT molecular complexity index is 943. The summed E-state index contributed by atoms with van der Waals surface area (Å²) in [6, 6.07) is 7.83. The van der Waals surface area contributed by atoms with Crippen LogP contribution in [0.25, 0.3) is 0 Å². The Morgan fingerprint density at radius 1 is 0.774 bits per heavy atom. The lowest BCUT2D eigenvalue weighted by atomic mass is 10.1. The number of carbonyl (C=O) groups is 4. The van der Waals surface area contributed by atoms with Crippen LogP contribution in [0, 0.1) is 0 Å². The van der Waals surface area contributed by atoms with Gasteiger partial charge in [0.2, 0.25) is 0 Å². The summed E-state index contributed by atoms with van der Waals surface area (Å²) in [6.45, 7) is 4.17. The fourth-order valence-electron chi connectivity index (χ4n) is 2.38. The van der Waals surface area contributed by atoms with Crippen LogP contribution in [0.4, 0.5) is 16.2 Å². The molecule has 0 aliphatic rings. The Kier molecular flexibility index (Phi) is 10.0. The lowest BCUT2D eigenvalue weighted by molar-refractivity contribution is -0.120. The van der Waals surface area contributed by atoms with E-state index in [-0.39, 0.29) is 34.8 Å². The molecule has 0 aromatic heterocycles. The van der Waals surface area contributed by atoms with Crippen molar-refractivity contribution in [1.29, 1.82) is 0 Å². The Labute approximate surface area is 179 Å². The number of hydrogen-bond acceptors (Lipinski definition) is 8. The smallest absolute Gasteiger partial charge is 0.341 e. The minimum absolute atomic E-state index is 0.0179. The molecule has 0 atom stereocenters. The quantitative estimate of drug-likeness (QED) is 0.503. The summed E-state index contributed by atoms with van der Waals surface area (Å²) in [6.07, 6.45) is 0. The molecule has 0 saturated heterocycles. The Morgan fingerprint density at radius 2 is 1.23 bits per heavy atom. The molecule has 0 unspecified atom stereocenters. The second-order valence-corrected chi connectivity index (χ2v) is 5.40. The van der Waals surface area contributed by atoms with E-state index in [1.54, 1.807) is 0 Å². The molecule has 166 valence electrons. The monoisotopic (exact) mass is 432 g/mol. The van der Waals surface area contributed by atoms with Crippen LogP contribution < -0.4 is 20.1 Å². The lowest BCUT2D eigenvalue weighted by Crippen LogP contribution is -2.20. The zero-order valence-corrected chi connectivity index (χ0v) is 17.8.